The van der Waals surface area contributed by atoms with Crippen molar-refractivity contribution in [2.45, 2.75) is 5.41 Å². The van der Waals surface area contributed by atoms with E-state index in [1.165, 1.54) is 11.1 Å². The quantitative estimate of drug-likeness (QED) is 0.153. The Morgan fingerprint density at radius 3 is 1.29 bits per heavy atom. The third-order valence-electron chi connectivity index (χ3n) is 10.9. The fourth-order valence-corrected chi connectivity index (χ4v) is 8.09. The van der Waals surface area contributed by atoms with Gasteiger partial charge in [0.05, 0.1) is 12.0 Å². The molecule has 8 aromatic carbocycles. The first-order valence-corrected chi connectivity index (χ1v) is 19.2. The van der Waals surface area contributed by atoms with E-state index >= 15 is 0 Å². The molecule has 0 radical (unpaired) electrons. The number of fused-ring (bicyclic) bond motifs is 2. The summed E-state index contributed by atoms with van der Waals surface area (Å²) >= 11 is 0. The zero-order valence-corrected chi connectivity index (χ0v) is 31.3. The first-order valence-electron chi connectivity index (χ1n) is 19.2. The third-order valence-corrected chi connectivity index (χ3v) is 10.9. The predicted octanol–water partition coefficient (Wildman–Crippen LogP) is 13.2. The topological polar surface area (TPSA) is 52.3 Å². The largest absolute Gasteiger partial charge is 0.457 e. The van der Waals surface area contributed by atoms with Crippen LogP contribution < -0.4 is 4.74 Å². The van der Waals surface area contributed by atoms with Crippen molar-refractivity contribution >= 4 is 5.69 Å². The Hall–Kier alpha value is -7.94. The molecule has 10 rings (SSSR count). The molecule has 1 aromatic heterocycles. The van der Waals surface area contributed by atoms with Crippen LogP contribution in [0.4, 0.5) is 5.69 Å². The molecule has 0 unspecified atom stereocenters. The van der Waals surface area contributed by atoms with Crippen molar-refractivity contribution in [1.29, 1.82) is 0 Å². The molecule has 272 valence electrons. The van der Waals surface area contributed by atoms with E-state index in [1.807, 2.05) is 36.4 Å². The van der Waals surface area contributed by atoms with Crippen LogP contribution in [-0.4, -0.2) is 15.0 Å². The van der Waals surface area contributed by atoms with Crippen LogP contribution >= 0.6 is 0 Å². The lowest BCUT2D eigenvalue weighted by atomic mass is 9.63. The van der Waals surface area contributed by atoms with E-state index in [1.54, 1.807) is 12.1 Å². The van der Waals surface area contributed by atoms with Crippen LogP contribution in [-0.2, 0) is 5.41 Å². The Bertz CT molecular complexity index is 2900. The summed E-state index contributed by atoms with van der Waals surface area (Å²) in [5, 5.41) is 0. The van der Waals surface area contributed by atoms with Gasteiger partial charge in [0.25, 0.3) is 0 Å². The van der Waals surface area contributed by atoms with Gasteiger partial charge in [0.15, 0.2) is 23.2 Å². The van der Waals surface area contributed by atoms with Crippen LogP contribution in [0, 0.1) is 6.57 Å². The molecule has 0 saturated carbocycles. The van der Waals surface area contributed by atoms with E-state index in [9.17, 15) is 0 Å². The summed E-state index contributed by atoms with van der Waals surface area (Å²) in [7, 11) is 0. The van der Waals surface area contributed by atoms with Gasteiger partial charge in [-0.25, -0.2) is 19.8 Å². The molecule has 0 spiro atoms. The maximum atomic E-state index is 7.41. The van der Waals surface area contributed by atoms with Gasteiger partial charge in [-0.1, -0.05) is 194 Å². The van der Waals surface area contributed by atoms with Gasteiger partial charge < -0.3 is 4.74 Å². The molecule has 0 aliphatic carbocycles. The maximum Gasteiger partial charge on any atom is 0.187 e. The number of para-hydroxylation sites is 1. The summed E-state index contributed by atoms with van der Waals surface area (Å²) in [5.74, 6) is 3.34. The molecule has 1 aliphatic rings. The van der Waals surface area contributed by atoms with Gasteiger partial charge in [-0.2, -0.15) is 0 Å². The highest BCUT2D eigenvalue weighted by Gasteiger charge is 2.45. The average Bonchev–Trinajstić information content (AvgIpc) is 3.31. The number of aromatic nitrogens is 3. The van der Waals surface area contributed by atoms with Crippen LogP contribution in [0.15, 0.2) is 206 Å². The molecule has 2 heterocycles. The molecule has 58 heavy (non-hydrogen) atoms. The van der Waals surface area contributed by atoms with Gasteiger partial charge in [0.2, 0.25) is 0 Å². The predicted molar refractivity (Wildman–Crippen MR) is 232 cm³/mol. The Morgan fingerprint density at radius 2 is 0.759 bits per heavy atom. The van der Waals surface area contributed by atoms with Gasteiger partial charge in [-0.3, -0.25) is 0 Å². The summed E-state index contributed by atoms with van der Waals surface area (Å²) < 4.78 is 6.75. The first-order chi connectivity index (χ1) is 28.7. The summed E-state index contributed by atoms with van der Waals surface area (Å²) in [6.45, 7) is 7.41. The van der Waals surface area contributed by atoms with Crippen LogP contribution in [0.25, 0.3) is 61.3 Å². The molecule has 0 saturated heterocycles. The summed E-state index contributed by atoms with van der Waals surface area (Å²) in [4.78, 5) is 18.4. The van der Waals surface area contributed by atoms with Crippen LogP contribution in [0.2, 0.25) is 0 Å². The summed E-state index contributed by atoms with van der Waals surface area (Å²) in [5.41, 5.74) is 11.5. The van der Waals surface area contributed by atoms with E-state index in [-0.39, 0.29) is 0 Å². The van der Waals surface area contributed by atoms with Crippen molar-refractivity contribution in [2.24, 2.45) is 0 Å². The molecule has 5 nitrogen and oxygen atoms in total. The summed E-state index contributed by atoms with van der Waals surface area (Å²) in [6.07, 6.45) is 0. The van der Waals surface area contributed by atoms with Crippen LogP contribution in [0.5, 0.6) is 11.5 Å². The fraction of sp³-hybridized carbons (Fsp3) is 0.0189. The monoisotopic (exact) mass is 742 g/mol. The number of ether oxygens (including phenoxy) is 1. The van der Waals surface area contributed by atoms with Crippen molar-refractivity contribution in [3.63, 3.8) is 0 Å². The molecular weight excluding hydrogens is 709 g/mol. The summed E-state index contributed by atoms with van der Waals surface area (Å²) in [6, 6.07) is 70.7. The van der Waals surface area contributed by atoms with Crippen LogP contribution in [0.1, 0.15) is 22.3 Å². The second-order valence-corrected chi connectivity index (χ2v) is 14.3. The Kier molecular flexibility index (Phi) is 8.70. The molecule has 0 N–H and O–H groups in total. The number of benzene rings is 8. The van der Waals surface area contributed by atoms with Gasteiger partial charge in [0, 0.05) is 27.8 Å². The molecule has 5 heteroatoms. The zero-order valence-electron chi connectivity index (χ0n) is 31.3. The minimum absolute atomic E-state index is 0.542. The van der Waals surface area contributed by atoms with Gasteiger partial charge in [-0.05, 0) is 45.5 Å². The molecule has 0 fully saturated rings. The minimum atomic E-state index is -0.568. The van der Waals surface area contributed by atoms with Crippen molar-refractivity contribution < 1.29 is 4.74 Å². The zero-order chi connectivity index (χ0) is 38.9. The van der Waals surface area contributed by atoms with Gasteiger partial charge in [-0.15, -0.1) is 0 Å². The highest BCUT2D eigenvalue weighted by atomic mass is 16.5. The highest BCUT2D eigenvalue weighted by molar-refractivity contribution is 5.76. The van der Waals surface area contributed by atoms with E-state index < -0.39 is 5.41 Å². The molecular formula is C53H34N4O. The minimum Gasteiger partial charge on any atom is -0.457 e. The lowest BCUT2D eigenvalue weighted by Gasteiger charge is -2.41. The van der Waals surface area contributed by atoms with E-state index in [0.29, 0.717) is 23.2 Å². The maximum absolute atomic E-state index is 7.41. The normalized spacial score (nSPS) is 12.4. The Balaban J connectivity index is 1.04. The average molecular weight is 743 g/mol. The SMILES string of the molecule is [C-]#[N+]c1ccc(-c2nc(-c3ccc(-c4ccccc4)cc3)nc(-c3ccc(-c4ccc5c(c4)Oc4ccccc4C5(c4ccccc4)c4ccccc4)cc3)n2)cc1. The lowest BCUT2D eigenvalue weighted by molar-refractivity contribution is 0.435. The second-order valence-electron chi connectivity index (χ2n) is 14.3. The van der Waals surface area contributed by atoms with Gasteiger partial charge in [0.1, 0.15) is 11.5 Å². The molecule has 0 amide bonds. The van der Waals surface area contributed by atoms with E-state index in [0.717, 1.165) is 61.6 Å². The Labute approximate surface area is 337 Å². The molecule has 0 bridgehead atoms. The Morgan fingerprint density at radius 1 is 0.362 bits per heavy atom. The van der Waals surface area contributed by atoms with Crippen molar-refractivity contribution in [1.82, 2.24) is 15.0 Å². The molecule has 9 aromatic rings. The third kappa shape index (κ3) is 6.10. The smallest absolute Gasteiger partial charge is 0.187 e. The van der Waals surface area contributed by atoms with Gasteiger partial charge >= 0.3 is 0 Å². The lowest BCUT2D eigenvalue weighted by Crippen LogP contribution is -2.34. The fourth-order valence-electron chi connectivity index (χ4n) is 8.09. The van der Waals surface area contributed by atoms with Crippen molar-refractivity contribution in [2.75, 3.05) is 0 Å². The number of hydrogen-bond donors (Lipinski definition) is 0. The number of nitrogens with zero attached hydrogens (tertiary/aromatic N) is 4. The number of hydrogen-bond acceptors (Lipinski definition) is 4. The first kappa shape index (κ1) is 34.5. The molecule has 0 atom stereocenters. The van der Waals surface area contributed by atoms with E-state index in [4.69, 9.17) is 26.3 Å². The number of rotatable bonds is 7. The standard InChI is InChI=1S/C53H34N4O/c1-54-45-32-29-41(30-33-45)52-56-50(39-25-21-37(22-26-39)36-13-5-2-6-14-36)55-51(57-52)40-27-23-38(24-28-40)42-31-34-47-49(35-42)58-48-20-12-11-19-46(48)53(47,43-15-7-3-8-16-43)44-17-9-4-10-18-44/h2-35H. The van der Waals surface area contributed by atoms with Crippen molar-refractivity contribution in [3.8, 4) is 67.9 Å². The van der Waals surface area contributed by atoms with Crippen LogP contribution in [0.3, 0.4) is 0 Å². The van der Waals surface area contributed by atoms with E-state index in [2.05, 4.69) is 163 Å². The van der Waals surface area contributed by atoms with Crippen molar-refractivity contribution in [3.05, 3.63) is 240 Å². The second kappa shape index (κ2) is 14.6. The highest BCUT2D eigenvalue weighted by Crippen LogP contribution is 2.55. The molecule has 1 aliphatic heterocycles.